The summed E-state index contributed by atoms with van der Waals surface area (Å²) in [6.45, 7) is 2.65. The molecule has 150 valence electrons. The molecule has 0 bridgehead atoms. The van der Waals surface area contributed by atoms with E-state index in [9.17, 15) is 9.59 Å². The zero-order chi connectivity index (χ0) is 21.1. The predicted molar refractivity (Wildman–Crippen MR) is 120 cm³/mol. The molecule has 0 aromatic heterocycles. The van der Waals surface area contributed by atoms with Crippen LogP contribution in [0.3, 0.4) is 0 Å². The summed E-state index contributed by atoms with van der Waals surface area (Å²) in [5, 5.41) is 0.531. The smallest absolute Gasteiger partial charge is 0.278 e. The lowest BCUT2D eigenvalue weighted by molar-refractivity contribution is -0.137. The first kappa shape index (κ1) is 19.9. The first-order valence-corrected chi connectivity index (χ1v) is 10.2. The molecule has 3 aromatic rings. The maximum Gasteiger partial charge on any atom is 0.278 e. The van der Waals surface area contributed by atoms with E-state index in [0.29, 0.717) is 22.8 Å². The first-order chi connectivity index (χ1) is 14.6. The first-order valence-electron chi connectivity index (χ1n) is 9.83. The normalized spacial score (nSPS) is 13.9. The summed E-state index contributed by atoms with van der Waals surface area (Å²) in [7, 11) is 0. The number of nitrogens with zero attached hydrogens (tertiary/aromatic N) is 2. The highest BCUT2D eigenvalue weighted by Gasteiger charge is 2.41. The molecule has 1 aliphatic rings. The molecule has 3 aromatic carbocycles. The molecule has 0 aliphatic carbocycles. The van der Waals surface area contributed by atoms with Crippen LogP contribution >= 0.6 is 11.6 Å². The summed E-state index contributed by atoms with van der Waals surface area (Å²) in [6.07, 6.45) is 0. The predicted octanol–water partition coefficient (Wildman–Crippen LogP) is 5.15. The second kappa shape index (κ2) is 8.56. The van der Waals surface area contributed by atoms with Gasteiger partial charge >= 0.3 is 0 Å². The summed E-state index contributed by atoms with van der Waals surface area (Å²) in [6, 6.07) is 26.3. The molecule has 0 N–H and O–H groups in total. The highest BCUT2D eigenvalue weighted by molar-refractivity contribution is 6.37. The quantitative estimate of drug-likeness (QED) is 0.522. The number of carbonyl (C=O) groups is 2. The van der Waals surface area contributed by atoms with Gasteiger partial charge in [0.1, 0.15) is 5.70 Å². The number of likely N-dealkylation sites (N-methyl/N-ethyl adjacent to an activating group) is 1. The van der Waals surface area contributed by atoms with Crippen LogP contribution in [-0.2, 0) is 16.1 Å². The standard InChI is InChI=1S/C25H21ClN2O2/c1-2-27(20-14-7-4-8-15-20)23-22(18-11-5-3-6-12-18)24(29)28(25(23)30)17-19-13-9-10-16-21(19)26/h3-16H,2,17H2,1H3. The number of hydrogen-bond acceptors (Lipinski definition) is 3. The van der Waals surface area contributed by atoms with Gasteiger partial charge in [-0.2, -0.15) is 0 Å². The largest absolute Gasteiger partial charge is 0.337 e. The number of imide groups is 1. The molecule has 30 heavy (non-hydrogen) atoms. The van der Waals surface area contributed by atoms with Crippen LogP contribution in [0.4, 0.5) is 5.69 Å². The monoisotopic (exact) mass is 416 g/mol. The van der Waals surface area contributed by atoms with Crippen LogP contribution in [0.1, 0.15) is 18.1 Å². The lowest BCUT2D eigenvalue weighted by atomic mass is 10.0. The minimum absolute atomic E-state index is 0.128. The molecule has 2 amide bonds. The fraction of sp³-hybridized carbons (Fsp3) is 0.120. The molecule has 0 atom stereocenters. The lowest BCUT2D eigenvalue weighted by Gasteiger charge is -2.25. The van der Waals surface area contributed by atoms with Crippen molar-refractivity contribution in [2.75, 3.05) is 11.4 Å². The molecule has 0 spiro atoms. The minimum Gasteiger partial charge on any atom is -0.337 e. The fourth-order valence-corrected chi connectivity index (χ4v) is 3.89. The van der Waals surface area contributed by atoms with Crippen LogP contribution in [0.2, 0.25) is 5.02 Å². The number of rotatable bonds is 6. The van der Waals surface area contributed by atoms with Gasteiger partial charge in [-0.15, -0.1) is 0 Å². The second-order valence-electron chi connectivity index (χ2n) is 6.96. The molecule has 1 aliphatic heterocycles. The van der Waals surface area contributed by atoms with E-state index in [1.165, 1.54) is 4.90 Å². The Morgan fingerprint density at radius 3 is 2.03 bits per heavy atom. The van der Waals surface area contributed by atoms with Crippen molar-refractivity contribution in [2.24, 2.45) is 0 Å². The van der Waals surface area contributed by atoms with E-state index in [2.05, 4.69) is 0 Å². The third-order valence-electron chi connectivity index (χ3n) is 5.15. The molecular formula is C25H21ClN2O2. The number of anilines is 1. The highest BCUT2D eigenvalue weighted by Crippen LogP contribution is 2.35. The average Bonchev–Trinajstić information content (AvgIpc) is 3.02. The van der Waals surface area contributed by atoms with Crippen molar-refractivity contribution < 1.29 is 9.59 Å². The van der Waals surface area contributed by atoms with Gasteiger partial charge in [0, 0.05) is 17.3 Å². The van der Waals surface area contributed by atoms with E-state index in [1.807, 2.05) is 90.7 Å². The van der Waals surface area contributed by atoms with Crippen molar-refractivity contribution in [1.29, 1.82) is 0 Å². The highest BCUT2D eigenvalue weighted by atomic mass is 35.5. The second-order valence-corrected chi connectivity index (χ2v) is 7.36. The van der Waals surface area contributed by atoms with Crippen LogP contribution in [0.15, 0.2) is 90.6 Å². The van der Waals surface area contributed by atoms with Gasteiger partial charge in [-0.1, -0.05) is 78.3 Å². The SMILES string of the molecule is CCN(C1=C(c2ccccc2)C(=O)N(Cc2ccccc2Cl)C1=O)c1ccccc1. The summed E-state index contributed by atoms with van der Waals surface area (Å²) < 4.78 is 0. The zero-order valence-corrected chi connectivity index (χ0v) is 17.3. The Morgan fingerprint density at radius 2 is 1.40 bits per heavy atom. The molecule has 0 radical (unpaired) electrons. The van der Waals surface area contributed by atoms with Gasteiger partial charge in [-0.3, -0.25) is 14.5 Å². The van der Waals surface area contributed by atoms with Gasteiger partial charge in [-0.25, -0.2) is 0 Å². The Hall–Kier alpha value is -3.37. The van der Waals surface area contributed by atoms with E-state index in [0.717, 1.165) is 16.8 Å². The molecule has 1 heterocycles. The molecule has 0 saturated heterocycles. The molecule has 4 rings (SSSR count). The third-order valence-corrected chi connectivity index (χ3v) is 5.52. The Labute approximate surface area is 181 Å². The molecular weight excluding hydrogens is 396 g/mol. The molecule has 0 unspecified atom stereocenters. The molecule has 4 nitrogen and oxygen atoms in total. The number of benzene rings is 3. The van der Waals surface area contributed by atoms with E-state index in [1.54, 1.807) is 6.07 Å². The van der Waals surface area contributed by atoms with Crippen molar-refractivity contribution in [2.45, 2.75) is 13.5 Å². The summed E-state index contributed by atoms with van der Waals surface area (Å²) in [4.78, 5) is 30.2. The molecule has 0 fully saturated rings. The van der Waals surface area contributed by atoms with Crippen LogP contribution < -0.4 is 4.90 Å². The maximum atomic E-state index is 13.6. The summed E-state index contributed by atoms with van der Waals surface area (Å²) in [5.74, 6) is -0.625. The number of carbonyl (C=O) groups excluding carboxylic acids is 2. The van der Waals surface area contributed by atoms with E-state index >= 15 is 0 Å². The zero-order valence-electron chi connectivity index (χ0n) is 16.6. The van der Waals surface area contributed by atoms with Gasteiger partial charge in [0.15, 0.2) is 0 Å². The van der Waals surface area contributed by atoms with E-state index in [4.69, 9.17) is 11.6 Å². The van der Waals surface area contributed by atoms with Crippen molar-refractivity contribution in [3.8, 4) is 0 Å². The fourth-order valence-electron chi connectivity index (χ4n) is 3.70. The third kappa shape index (κ3) is 3.62. The van der Waals surface area contributed by atoms with Gasteiger partial charge in [0.25, 0.3) is 11.8 Å². The van der Waals surface area contributed by atoms with Crippen LogP contribution in [0.25, 0.3) is 5.57 Å². The number of para-hydroxylation sites is 1. The Bertz CT molecular complexity index is 1110. The Balaban J connectivity index is 1.82. The molecule has 5 heteroatoms. The minimum atomic E-state index is -0.315. The van der Waals surface area contributed by atoms with Crippen molar-refractivity contribution in [1.82, 2.24) is 4.90 Å². The van der Waals surface area contributed by atoms with Crippen LogP contribution in [0, 0.1) is 0 Å². The van der Waals surface area contributed by atoms with Crippen molar-refractivity contribution in [3.63, 3.8) is 0 Å². The van der Waals surface area contributed by atoms with Gasteiger partial charge in [0.2, 0.25) is 0 Å². The van der Waals surface area contributed by atoms with Gasteiger partial charge in [0.05, 0.1) is 12.1 Å². The van der Waals surface area contributed by atoms with Crippen molar-refractivity contribution >= 4 is 34.7 Å². The van der Waals surface area contributed by atoms with Gasteiger partial charge < -0.3 is 4.90 Å². The van der Waals surface area contributed by atoms with Gasteiger partial charge in [-0.05, 0) is 36.2 Å². The summed E-state index contributed by atoms with van der Waals surface area (Å²) >= 11 is 6.30. The number of amides is 2. The topological polar surface area (TPSA) is 40.6 Å². The average molecular weight is 417 g/mol. The summed E-state index contributed by atoms with van der Waals surface area (Å²) in [5.41, 5.74) is 3.13. The van der Waals surface area contributed by atoms with Crippen LogP contribution in [0.5, 0.6) is 0 Å². The number of halogens is 1. The number of hydrogen-bond donors (Lipinski definition) is 0. The Kier molecular flexibility index (Phi) is 5.68. The molecule has 0 saturated carbocycles. The maximum absolute atomic E-state index is 13.6. The van der Waals surface area contributed by atoms with E-state index < -0.39 is 0 Å². The van der Waals surface area contributed by atoms with Crippen LogP contribution in [-0.4, -0.2) is 23.3 Å². The van der Waals surface area contributed by atoms with E-state index in [-0.39, 0.29) is 18.4 Å². The Morgan fingerprint density at radius 1 is 0.800 bits per heavy atom. The lowest BCUT2D eigenvalue weighted by Crippen LogP contribution is -2.35. The van der Waals surface area contributed by atoms with Crippen molar-refractivity contribution in [3.05, 3.63) is 107 Å².